The van der Waals surface area contributed by atoms with Gasteiger partial charge in [-0.3, -0.25) is 0 Å². The lowest BCUT2D eigenvalue weighted by Gasteiger charge is -2.44. The molecule has 5 heteroatoms. The standard InChI is InChI=1S/C17H22N2O3/c1-11-17(14(20)22-15(21-11)16(2,3)4)13(10-18-19-17)12-8-6-5-7-9-12/h5-9,11,13,15H,10H2,1-4H3/t11?,13-,15-,17-/m1/s1. The summed E-state index contributed by atoms with van der Waals surface area (Å²) in [5.74, 6) is -0.474. The lowest BCUT2D eigenvalue weighted by molar-refractivity contribution is -0.258. The second-order valence-corrected chi connectivity index (χ2v) is 7.09. The van der Waals surface area contributed by atoms with E-state index in [0.29, 0.717) is 6.54 Å². The summed E-state index contributed by atoms with van der Waals surface area (Å²) in [4.78, 5) is 12.8. The van der Waals surface area contributed by atoms with E-state index in [4.69, 9.17) is 9.47 Å². The maximum atomic E-state index is 12.8. The number of cyclic esters (lactones) is 1. The van der Waals surface area contributed by atoms with Gasteiger partial charge >= 0.3 is 5.97 Å². The van der Waals surface area contributed by atoms with E-state index in [2.05, 4.69) is 10.2 Å². The van der Waals surface area contributed by atoms with E-state index in [1.54, 1.807) is 0 Å². The largest absolute Gasteiger partial charge is 0.433 e. The summed E-state index contributed by atoms with van der Waals surface area (Å²) in [5.41, 5.74) is -0.304. The number of nitrogens with zero attached hydrogens (tertiary/aromatic N) is 2. The van der Waals surface area contributed by atoms with Crippen molar-refractivity contribution in [1.29, 1.82) is 0 Å². The molecule has 0 saturated carbocycles. The number of rotatable bonds is 1. The highest BCUT2D eigenvalue weighted by Gasteiger charge is 2.60. The molecule has 1 aromatic rings. The molecule has 0 bridgehead atoms. The van der Waals surface area contributed by atoms with Gasteiger partial charge in [0.05, 0.1) is 12.6 Å². The van der Waals surface area contributed by atoms with Crippen LogP contribution in [0.5, 0.6) is 0 Å². The average Bonchev–Trinajstić information content (AvgIpc) is 2.90. The molecule has 1 aromatic carbocycles. The molecule has 2 aliphatic heterocycles. The monoisotopic (exact) mass is 302 g/mol. The van der Waals surface area contributed by atoms with Crippen LogP contribution >= 0.6 is 0 Å². The van der Waals surface area contributed by atoms with Crippen LogP contribution in [0, 0.1) is 5.41 Å². The van der Waals surface area contributed by atoms with E-state index in [9.17, 15) is 4.79 Å². The van der Waals surface area contributed by atoms with Crippen molar-refractivity contribution in [3.63, 3.8) is 0 Å². The van der Waals surface area contributed by atoms with Crippen molar-refractivity contribution in [3.05, 3.63) is 35.9 Å². The van der Waals surface area contributed by atoms with Gasteiger partial charge in [0.15, 0.2) is 0 Å². The number of benzene rings is 1. The van der Waals surface area contributed by atoms with E-state index in [0.717, 1.165) is 5.56 Å². The summed E-state index contributed by atoms with van der Waals surface area (Å²) in [6, 6.07) is 9.86. The van der Waals surface area contributed by atoms with Crippen molar-refractivity contribution < 1.29 is 14.3 Å². The first kappa shape index (κ1) is 15.2. The van der Waals surface area contributed by atoms with E-state index >= 15 is 0 Å². The summed E-state index contributed by atoms with van der Waals surface area (Å²) >= 11 is 0. The molecule has 0 aliphatic carbocycles. The Hall–Kier alpha value is -1.75. The maximum Gasteiger partial charge on any atom is 0.341 e. The Kier molecular flexibility index (Phi) is 3.56. The molecule has 1 saturated heterocycles. The molecular formula is C17H22N2O3. The number of carbonyl (C=O) groups excluding carboxylic acids is 1. The molecule has 0 radical (unpaired) electrons. The van der Waals surface area contributed by atoms with Crippen LogP contribution in [-0.2, 0) is 14.3 Å². The minimum atomic E-state index is -1.07. The Morgan fingerprint density at radius 3 is 2.50 bits per heavy atom. The van der Waals surface area contributed by atoms with Crippen molar-refractivity contribution >= 4 is 5.97 Å². The highest BCUT2D eigenvalue weighted by atomic mass is 16.7. The molecular weight excluding hydrogens is 280 g/mol. The quantitative estimate of drug-likeness (QED) is 0.748. The van der Waals surface area contributed by atoms with E-state index in [1.165, 1.54) is 0 Å². The summed E-state index contributed by atoms with van der Waals surface area (Å²) < 4.78 is 11.6. The summed E-state index contributed by atoms with van der Waals surface area (Å²) in [6.45, 7) is 8.33. The fourth-order valence-corrected chi connectivity index (χ4v) is 3.10. The summed E-state index contributed by atoms with van der Waals surface area (Å²) in [7, 11) is 0. The normalized spacial score (nSPS) is 34.9. The first-order valence-corrected chi connectivity index (χ1v) is 7.66. The fourth-order valence-electron chi connectivity index (χ4n) is 3.10. The molecule has 1 fully saturated rings. The number of carbonyl (C=O) groups is 1. The van der Waals surface area contributed by atoms with Gasteiger partial charge in [-0.1, -0.05) is 51.1 Å². The SMILES string of the molecule is CC1O[C@@H](C(C)(C)C)OC(=O)[C@@]12N=NC[C@@H]2c1ccccc1. The molecule has 2 aliphatic rings. The number of esters is 1. The zero-order chi connectivity index (χ0) is 16.0. The predicted molar refractivity (Wildman–Crippen MR) is 81.5 cm³/mol. The number of ether oxygens (including phenoxy) is 2. The van der Waals surface area contributed by atoms with Gasteiger partial charge in [-0.15, -0.1) is 0 Å². The van der Waals surface area contributed by atoms with Gasteiger partial charge in [-0.05, 0) is 12.5 Å². The minimum Gasteiger partial charge on any atom is -0.433 e. The fraction of sp³-hybridized carbons (Fsp3) is 0.588. The molecule has 22 heavy (non-hydrogen) atoms. The first-order chi connectivity index (χ1) is 10.4. The van der Waals surface area contributed by atoms with Crippen molar-refractivity contribution in [3.8, 4) is 0 Å². The topological polar surface area (TPSA) is 60.2 Å². The van der Waals surface area contributed by atoms with Crippen LogP contribution < -0.4 is 0 Å². The van der Waals surface area contributed by atoms with Gasteiger partial charge in [0, 0.05) is 11.3 Å². The van der Waals surface area contributed by atoms with E-state index in [-0.39, 0.29) is 23.4 Å². The Balaban J connectivity index is 1.95. The van der Waals surface area contributed by atoms with Gasteiger partial charge in [0.25, 0.3) is 0 Å². The molecule has 0 amide bonds. The molecule has 0 aromatic heterocycles. The van der Waals surface area contributed by atoms with Crippen LogP contribution in [0.4, 0.5) is 0 Å². The maximum absolute atomic E-state index is 12.8. The zero-order valence-corrected chi connectivity index (χ0v) is 13.4. The molecule has 0 N–H and O–H groups in total. The van der Waals surface area contributed by atoms with Crippen LogP contribution in [0.25, 0.3) is 0 Å². The summed E-state index contributed by atoms with van der Waals surface area (Å²) in [5, 5.41) is 8.44. The smallest absolute Gasteiger partial charge is 0.341 e. The lowest BCUT2D eigenvalue weighted by atomic mass is 9.76. The van der Waals surface area contributed by atoms with Crippen LogP contribution in [0.2, 0.25) is 0 Å². The first-order valence-electron chi connectivity index (χ1n) is 7.66. The molecule has 3 rings (SSSR count). The number of hydrogen-bond donors (Lipinski definition) is 0. The Morgan fingerprint density at radius 1 is 1.23 bits per heavy atom. The van der Waals surface area contributed by atoms with Crippen molar-refractivity contribution in [2.24, 2.45) is 15.6 Å². The van der Waals surface area contributed by atoms with Gasteiger partial charge < -0.3 is 9.47 Å². The third kappa shape index (κ3) is 2.24. The third-order valence-corrected chi connectivity index (χ3v) is 4.43. The second-order valence-electron chi connectivity index (χ2n) is 7.09. The molecule has 2 heterocycles. The van der Waals surface area contributed by atoms with Crippen molar-refractivity contribution in [2.45, 2.75) is 51.5 Å². The Morgan fingerprint density at radius 2 is 1.91 bits per heavy atom. The van der Waals surface area contributed by atoms with Crippen molar-refractivity contribution in [2.75, 3.05) is 6.54 Å². The molecule has 4 atom stereocenters. The lowest BCUT2D eigenvalue weighted by Crippen LogP contribution is -2.60. The summed E-state index contributed by atoms with van der Waals surface area (Å²) in [6.07, 6.45) is -0.942. The Bertz CT molecular complexity index is 594. The van der Waals surface area contributed by atoms with Gasteiger partial charge in [-0.25, -0.2) is 4.79 Å². The zero-order valence-electron chi connectivity index (χ0n) is 13.4. The van der Waals surface area contributed by atoms with Gasteiger partial charge in [0.2, 0.25) is 11.8 Å². The van der Waals surface area contributed by atoms with E-state index in [1.807, 2.05) is 58.0 Å². The second kappa shape index (κ2) is 5.16. The van der Waals surface area contributed by atoms with Crippen LogP contribution in [0.3, 0.4) is 0 Å². The van der Waals surface area contributed by atoms with Crippen LogP contribution in [0.1, 0.15) is 39.2 Å². The minimum absolute atomic E-state index is 0.142. The highest BCUT2D eigenvalue weighted by Crippen LogP contribution is 2.46. The number of hydrogen-bond acceptors (Lipinski definition) is 5. The average molecular weight is 302 g/mol. The van der Waals surface area contributed by atoms with Crippen molar-refractivity contribution in [1.82, 2.24) is 0 Å². The van der Waals surface area contributed by atoms with Crippen LogP contribution in [-0.4, -0.2) is 30.4 Å². The molecule has 5 nitrogen and oxygen atoms in total. The molecule has 1 unspecified atom stereocenters. The van der Waals surface area contributed by atoms with Gasteiger partial charge in [-0.2, -0.15) is 10.2 Å². The van der Waals surface area contributed by atoms with Crippen LogP contribution in [0.15, 0.2) is 40.6 Å². The Labute approximate surface area is 130 Å². The number of azo groups is 1. The predicted octanol–water partition coefficient (Wildman–Crippen LogP) is 3.31. The van der Waals surface area contributed by atoms with E-state index < -0.39 is 11.8 Å². The van der Waals surface area contributed by atoms with Gasteiger partial charge in [0.1, 0.15) is 0 Å². The molecule has 118 valence electrons. The third-order valence-electron chi connectivity index (χ3n) is 4.43. The highest BCUT2D eigenvalue weighted by molar-refractivity contribution is 5.84. The molecule has 1 spiro atoms.